The summed E-state index contributed by atoms with van der Waals surface area (Å²) in [7, 11) is 0. The maximum Gasteiger partial charge on any atom is 0.0915 e. The summed E-state index contributed by atoms with van der Waals surface area (Å²) >= 11 is 7.89. The number of halogens is 1. The molecular weight excluding hydrogens is 314 g/mol. The lowest BCUT2D eigenvalue weighted by atomic mass is 10.1. The van der Waals surface area contributed by atoms with Crippen LogP contribution in [0.4, 0.5) is 10.7 Å². The molecule has 0 spiro atoms. The van der Waals surface area contributed by atoms with Crippen molar-refractivity contribution < 1.29 is 0 Å². The summed E-state index contributed by atoms with van der Waals surface area (Å²) in [6.45, 7) is 4.34. The molecule has 1 aromatic carbocycles. The number of anilines is 2. The summed E-state index contributed by atoms with van der Waals surface area (Å²) in [5.41, 5.74) is 5.00. The SMILES string of the molecule is Cc1ccc(N/N=C\c2ccc(N3CCCCC3)s2)cc1Cl. The molecule has 0 amide bonds. The first-order valence-corrected chi connectivity index (χ1v) is 8.82. The zero-order valence-electron chi connectivity index (χ0n) is 12.7. The summed E-state index contributed by atoms with van der Waals surface area (Å²) in [5.74, 6) is 0. The molecular formula is C17H20ClN3S. The molecule has 116 valence electrons. The Hall–Kier alpha value is -1.52. The van der Waals surface area contributed by atoms with Crippen LogP contribution in [0.5, 0.6) is 0 Å². The lowest BCUT2D eigenvalue weighted by Gasteiger charge is -2.27. The number of piperidine rings is 1. The van der Waals surface area contributed by atoms with E-state index < -0.39 is 0 Å². The maximum atomic E-state index is 6.10. The van der Waals surface area contributed by atoms with Crippen molar-refractivity contribution in [3.63, 3.8) is 0 Å². The van der Waals surface area contributed by atoms with Gasteiger partial charge in [-0.25, -0.2) is 0 Å². The molecule has 1 aliphatic heterocycles. The zero-order valence-corrected chi connectivity index (χ0v) is 14.3. The van der Waals surface area contributed by atoms with Crippen molar-refractivity contribution >= 4 is 39.8 Å². The first kappa shape index (κ1) is 15.4. The molecule has 0 aliphatic carbocycles. The van der Waals surface area contributed by atoms with Gasteiger partial charge in [0.15, 0.2) is 0 Å². The lowest BCUT2D eigenvalue weighted by Crippen LogP contribution is -2.28. The molecule has 3 nitrogen and oxygen atoms in total. The van der Waals surface area contributed by atoms with Gasteiger partial charge in [-0.1, -0.05) is 17.7 Å². The summed E-state index contributed by atoms with van der Waals surface area (Å²) in [4.78, 5) is 3.63. The zero-order chi connectivity index (χ0) is 15.4. The molecule has 5 heteroatoms. The van der Waals surface area contributed by atoms with E-state index in [1.807, 2.05) is 31.3 Å². The van der Waals surface area contributed by atoms with E-state index in [1.54, 1.807) is 11.3 Å². The standard InChI is InChI=1S/C17H20ClN3S/c1-13-5-6-14(11-16(13)18)20-19-12-15-7-8-17(22-15)21-9-3-2-4-10-21/h5-8,11-12,20H,2-4,9-10H2,1H3/b19-12-. The molecule has 22 heavy (non-hydrogen) atoms. The number of nitrogens with zero attached hydrogens (tertiary/aromatic N) is 2. The fourth-order valence-corrected chi connectivity index (χ4v) is 3.64. The summed E-state index contributed by atoms with van der Waals surface area (Å²) in [5, 5.41) is 6.40. The van der Waals surface area contributed by atoms with Crippen LogP contribution in [0.2, 0.25) is 5.02 Å². The quantitative estimate of drug-likeness (QED) is 0.619. The van der Waals surface area contributed by atoms with E-state index in [1.165, 1.54) is 37.4 Å². The van der Waals surface area contributed by atoms with Gasteiger partial charge in [0.1, 0.15) is 0 Å². The van der Waals surface area contributed by atoms with Gasteiger partial charge in [0, 0.05) is 23.0 Å². The highest BCUT2D eigenvalue weighted by atomic mass is 35.5. The van der Waals surface area contributed by atoms with Crippen LogP contribution in [0.1, 0.15) is 29.7 Å². The highest BCUT2D eigenvalue weighted by molar-refractivity contribution is 7.17. The Morgan fingerprint density at radius 2 is 2.00 bits per heavy atom. The lowest BCUT2D eigenvalue weighted by molar-refractivity contribution is 0.580. The highest BCUT2D eigenvalue weighted by Gasteiger charge is 2.12. The van der Waals surface area contributed by atoms with Crippen LogP contribution in [-0.2, 0) is 0 Å². The average Bonchev–Trinajstić information content (AvgIpc) is 3.01. The Morgan fingerprint density at radius 3 is 2.77 bits per heavy atom. The first-order valence-electron chi connectivity index (χ1n) is 7.62. The van der Waals surface area contributed by atoms with Gasteiger partial charge in [-0.15, -0.1) is 11.3 Å². The minimum Gasteiger partial charge on any atom is -0.363 e. The third-order valence-electron chi connectivity index (χ3n) is 3.84. The van der Waals surface area contributed by atoms with Crippen LogP contribution in [-0.4, -0.2) is 19.3 Å². The Bertz CT molecular complexity index is 660. The number of thiophene rings is 1. The minimum atomic E-state index is 0.753. The van der Waals surface area contributed by atoms with E-state index in [2.05, 4.69) is 27.6 Å². The van der Waals surface area contributed by atoms with E-state index in [0.717, 1.165) is 21.2 Å². The van der Waals surface area contributed by atoms with Gasteiger partial charge in [0.2, 0.25) is 0 Å². The monoisotopic (exact) mass is 333 g/mol. The first-order chi connectivity index (χ1) is 10.7. The Morgan fingerprint density at radius 1 is 1.18 bits per heavy atom. The summed E-state index contributed by atoms with van der Waals surface area (Å²) in [6, 6.07) is 10.2. The van der Waals surface area contributed by atoms with Gasteiger partial charge >= 0.3 is 0 Å². The molecule has 1 aliphatic rings. The van der Waals surface area contributed by atoms with E-state index in [-0.39, 0.29) is 0 Å². The number of aryl methyl sites for hydroxylation is 1. The predicted octanol–water partition coefficient (Wildman–Crippen LogP) is 5.15. The third kappa shape index (κ3) is 3.81. The van der Waals surface area contributed by atoms with Crippen LogP contribution in [0, 0.1) is 6.92 Å². The normalized spacial score (nSPS) is 15.5. The Labute approximate surface area is 140 Å². The molecule has 2 heterocycles. The second-order valence-corrected chi connectivity index (χ2v) is 7.06. The van der Waals surface area contributed by atoms with E-state index in [0.29, 0.717) is 0 Å². The van der Waals surface area contributed by atoms with E-state index in [9.17, 15) is 0 Å². The minimum absolute atomic E-state index is 0.753. The Kier molecular flexibility index (Phi) is 5.01. The maximum absolute atomic E-state index is 6.10. The van der Waals surface area contributed by atoms with Gasteiger partial charge in [0.25, 0.3) is 0 Å². The van der Waals surface area contributed by atoms with Gasteiger partial charge in [-0.05, 0) is 56.0 Å². The second kappa shape index (κ2) is 7.16. The molecule has 1 saturated heterocycles. The van der Waals surface area contributed by atoms with Crippen molar-refractivity contribution in [1.29, 1.82) is 0 Å². The van der Waals surface area contributed by atoms with Gasteiger partial charge < -0.3 is 4.90 Å². The number of nitrogens with one attached hydrogen (secondary N) is 1. The van der Waals surface area contributed by atoms with Gasteiger partial charge in [-0.2, -0.15) is 5.10 Å². The molecule has 3 rings (SSSR count). The van der Waals surface area contributed by atoms with Gasteiger partial charge in [-0.3, -0.25) is 5.43 Å². The van der Waals surface area contributed by atoms with Crippen molar-refractivity contribution in [3.05, 3.63) is 45.8 Å². The van der Waals surface area contributed by atoms with Crippen LogP contribution >= 0.6 is 22.9 Å². The summed E-state index contributed by atoms with van der Waals surface area (Å²) in [6.07, 6.45) is 5.83. The predicted molar refractivity (Wildman–Crippen MR) is 97.8 cm³/mol. The number of hydrogen-bond donors (Lipinski definition) is 1. The summed E-state index contributed by atoms with van der Waals surface area (Å²) < 4.78 is 0. The van der Waals surface area contributed by atoms with Crippen LogP contribution in [0.3, 0.4) is 0 Å². The molecule has 0 saturated carbocycles. The highest BCUT2D eigenvalue weighted by Crippen LogP contribution is 2.27. The van der Waals surface area contributed by atoms with Gasteiger partial charge in [0.05, 0.1) is 16.9 Å². The van der Waals surface area contributed by atoms with E-state index in [4.69, 9.17) is 11.6 Å². The molecule has 1 aromatic heterocycles. The van der Waals surface area contributed by atoms with Crippen molar-refractivity contribution in [2.24, 2.45) is 5.10 Å². The van der Waals surface area contributed by atoms with Crippen molar-refractivity contribution in [2.75, 3.05) is 23.4 Å². The molecule has 0 bridgehead atoms. The molecule has 0 atom stereocenters. The fraction of sp³-hybridized carbons (Fsp3) is 0.353. The Balaban J connectivity index is 1.60. The topological polar surface area (TPSA) is 27.6 Å². The third-order valence-corrected chi connectivity index (χ3v) is 5.33. The molecule has 2 aromatic rings. The molecule has 1 N–H and O–H groups in total. The molecule has 0 unspecified atom stereocenters. The average molecular weight is 334 g/mol. The smallest absolute Gasteiger partial charge is 0.0915 e. The van der Waals surface area contributed by atoms with Crippen molar-refractivity contribution in [1.82, 2.24) is 0 Å². The van der Waals surface area contributed by atoms with Crippen LogP contribution < -0.4 is 10.3 Å². The number of hydrogen-bond acceptors (Lipinski definition) is 4. The molecule has 0 radical (unpaired) electrons. The number of rotatable bonds is 4. The van der Waals surface area contributed by atoms with Crippen molar-refractivity contribution in [3.8, 4) is 0 Å². The fourth-order valence-electron chi connectivity index (χ4n) is 2.53. The van der Waals surface area contributed by atoms with E-state index >= 15 is 0 Å². The second-order valence-electron chi connectivity index (χ2n) is 5.56. The van der Waals surface area contributed by atoms with Crippen LogP contribution in [0.15, 0.2) is 35.4 Å². The van der Waals surface area contributed by atoms with Crippen LogP contribution in [0.25, 0.3) is 0 Å². The van der Waals surface area contributed by atoms with Crippen molar-refractivity contribution in [2.45, 2.75) is 26.2 Å². The number of hydrazone groups is 1. The number of benzene rings is 1. The molecule has 1 fully saturated rings. The largest absolute Gasteiger partial charge is 0.363 e.